The molecule has 0 N–H and O–H groups in total. The number of carbonyl (C=O) groups is 1. The second-order valence-electron chi connectivity index (χ2n) is 8.07. The molecule has 0 unspecified atom stereocenters. The van der Waals surface area contributed by atoms with Crippen LogP contribution in [0.2, 0.25) is 0 Å². The molecule has 1 aliphatic rings. The van der Waals surface area contributed by atoms with Gasteiger partial charge in [-0.3, -0.25) is 9.36 Å². The smallest absolute Gasteiger partial charge is 0.273 e. The highest BCUT2D eigenvalue weighted by atomic mass is 32.2. The molecule has 1 aliphatic heterocycles. The van der Waals surface area contributed by atoms with Crippen molar-refractivity contribution in [2.45, 2.75) is 17.8 Å². The molecule has 3 heterocycles. The molecule has 10 heteroatoms. The van der Waals surface area contributed by atoms with Crippen molar-refractivity contribution >= 4 is 34.7 Å². The van der Waals surface area contributed by atoms with E-state index in [1.165, 1.54) is 11.3 Å². The molecule has 1 saturated heterocycles. The summed E-state index contributed by atoms with van der Waals surface area (Å²) in [5.41, 5.74) is 2.60. The lowest BCUT2D eigenvalue weighted by atomic mass is 10.2. The van der Waals surface area contributed by atoms with E-state index in [-0.39, 0.29) is 5.91 Å². The van der Waals surface area contributed by atoms with Gasteiger partial charge in [-0.15, -0.1) is 21.5 Å². The third-order valence-corrected chi connectivity index (χ3v) is 7.87. The van der Waals surface area contributed by atoms with Crippen molar-refractivity contribution in [3.05, 3.63) is 76.5 Å². The van der Waals surface area contributed by atoms with Crippen LogP contribution >= 0.6 is 23.1 Å². The molecule has 4 aromatic rings. The predicted molar refractivity (Wildman–Crippen MR) is 139 cm³/mol. The monoisotopic (exact) mass is 506 g/mol. The normalized spacial score (nSPS) is 13.8. The second kappa shape index (κ2) is 10.5. The average Bonchev–Trinajstić information content (AvgIpc) is 3.54. The standard InChI is InChI=1S/C25H26N6O2S2/c1-18-27-28-25(31(18)19-8-4-3-5-9-19)35-17-23-26-20(16-34-23)24(32)30-14-12-29(13-15-30)21-10-6-7-11-22(21)33-2/h3-11,16H,12-15,17H2,1-2H3. The molecule has 0 radical (unpaired) electrons. The van der Waals surface area contributed by atoms with Gasteiger partial charge in [0.1, 0.15) is 22.3 Å². The van der Waals surface area contributed by atoms with Crippen molar-refractivity contribution in [2.24, 2.45) is 0 Å². The minimum Gasteiger partial charge on any atom is -0.495 e. The van der Waals surface area contributed by atoms with Crippen LogP contribution < -0.4 is 9.64 Å². The Balaban J connectivity index is 1.20. The Labute approximate surface area is 212 Å². The number of ether oxygens (including phenoxy) is 1. The Morgan fingerprint density at radius 2 is 1.77 bits per heavy atom. The maximum atomic E-state index is 13.1. The van der Waals surface area contributed by atoms with Gasteiger partial charge in [-0.05, 0) is 31.2 Å². The fraction of sp³-hybridized carbons (Fsp3) is 0.280. The van der Waals surface area contributed by atoms with Crippen molar-refractivity contribution < 1.29 is 9.53 Å². The second-order valence-corrected chi connectivity index (χ2v) is 9.95. The number of benzene rings is 2. The molecule has 1 fully saturated rings. The zero-order valence-corrected chi connectivity index (χ0v) is 21.3. The summed E-state index contributed by atoms with van der Waals surface area (Å²) < 4.78 is 7.52. The zero-order chi connectivity index (χ0) is 24.2. The van der Waals surface area contributed by atoms with Gasteiger partial charge in [0.25, 0.3) is 5.91 Å². The largest absolute Gasteiger partial charge is 0.495 e. The molecule has 1 amide bonds. The SMILES string of the molecule is COc1ccccc1N1CCN(C(=O)c2csc(CSc3nnc(C)n3-c3ccccc3)n2)CC1. The highest BCUT2D eigenvalue weighted by Crippen LogP contribution is 2.29. The van der Waals surface area contributed by atoms with Gasteiger partial charge in [0.05, 0.1) is 18.6 Å². The van der Waals surface area contributed by atoms with Crippen molar-refractivity contribution in [3.63, 3.8) is 0 Å². The number of thioether (sulfide) groups is 1. The molecular formula is C25H26N6O2S2. The topological polar surface area (TPSA) is 76.4 Å². The third-order valence-electron chi connectivity index (χ3n) is 5.90. The van der Waals surface area contributed by atoms with Gasteiger partial charge < -0.3 is 14.5 Å². The number of carbonyl (C=O) groups excluding carboxylic acids is 1. The maximum Gasteiger partial charge on any atom is 0.273 e. The van der Waals surface area contributed by atoms with Gasteiger partial charge >= 0.3 is 0 Å². The summed E-state index contributed by atoms with van der Waals surface area (Å²) >= 11 is 3.08. The molecule has 8 nitrogen and oxygen atoms in total. The number of rotatable bonds is 7. The molecule has 0 spiro atoms. The van der Waals surface area contributed by atoms with Crippen molar-refractivity contribution in [2.75, 3.05) is 38.2 Å². The number of aromatic nitrogens is 4. The van der Waals surface area contributed by atoms with Crippen LogP contribution in [-0.4, -0.2) is 63.8 Å². The van der Waals surface area contributed by atoms with E-state index in [4.69, 9.17) is 4.74 Å². The number of hydrogen-bond acceptors (Lipinski definition) is 8. The number of aryl methyl sites for hydroxylation is 1. The molecule has 0 saturated carbocycles. The summed E-state index contributed by atoms with van der Waals surface area (Å²) in [6, 6.07) is 18.0. The Morgan fingerprint density at radius 3 is 2.54 bits per heavy atom. The van der Waals surface area contributed by atoms with Crippen LogP contribution in [0.1, 0.15) is 21.3 Å². The van der Waals surface area contributed by atoms with Crippen LogP contribution in [-0.2, 0) is 5.75 Å². The van der Waals surface area contributed by atoms with Crippen molar-refractivity contribution in [3.8, 4) is 11.4 Å². The fourth-order valence-corrected chi connectivity index (χ4v) is 5.90. The van der Waals surface area contributed by atoms with E-state index in [0.717, 1.165) is 46.2 Å². The number of nitrogens with zero attached hydrogens (tertiary/aromatic N) is 6. The summed E-state index contributed by atoms with van der Waals surface area (Å²) in [5.74, 6) is 2.30. The van der Waals surface area contributed by atoms with E-state index in [1.54, 1.807) is 18.9 Å². The van der Waals surface area contributed by atoms with E-state index < -0.39 is 0 Å². The molecule has 2 aromatic heterocycles. The fourth-order valence-electron chi connectivity index (χ4n) is 4.12. The van der Waals surface area contributed by atoms with E-state index in [0.29, 0.717) is 24.5 Å². The van der Waals surface area contributed by atoms with E-state index >= 15 is 0 Å². The summed E-state index contributed by atoms with van der Waals surface area (Å²) in [6.07, 6.45) is 0. The number of methoxy groups -OCH3 is 1. The minimum absolute atomic E-state index is 0.0135. The summed E-state index contributed by atoms with van der Waals surface area (Å²) in [4.78, 5) is 21.9. The van der Waals surface area contributed by atoms with Gasteiger partial charge in [0, 0.05) is 37.2 Å². The van der Waals surface area contributed by atoms with Gasteiger partial charge in [-0.2, -0.15) is 0 Å². The Morgan fingerprint density at radius 1 is 1.03 bits per heavy atom. The van der Waals surface area contributed by atoms with Gasteiger partial charge in [-0.1, -0.05) is 42.1 Å². The first kappa shape index (κ1) is 23.4. The highest BCUT2D eigenvalue weighted by molar-refractivity contribution is 7.98. The zero-order valence-electron chi connectivity index (χ0n) is 19.6. The molecule has 35 heavy (non-hydrogen) atoms. The van der Waals surface area contributed by atoms with Crippen LogP contribution in [0.5, 0.6) is 5.75 Å². The van der Waals surface area contributed by atoms with Crippen molar-refractivity contribution in [1.82, 2.24) is 24.6 Å². The van der Waals surface area contributed by atoms with Gasteiger partial charge in [0.15, 0.2) is 5.16 Å². The molecule has 0 aliphatic carbocycles. The lowest BCUT2D eigenvalue weighted by Gasteiger charge is -2.36. The van der Waals surface area contributed by atoms with E-state index in [2.05, 4.69) is 26.1 Å². The quantitative estimate of drug-likeness (QED) is 0.346. The molecule has 0 atom stereocenters. The van der Waals surface area contributed by atoms with Crippen LogP contribution in [0.3, 0.4) is 0 Å². The number of amides is 1. The molecule has 2 aromatic carbocycles. The minimum atomic E-state index is -0.0135. The van der Waals surface area contributed by atoms with Crippen molar-refractivity contribution in [1.29, 1.82) is 0 Å². The summed E-state index contributed by atoms with van der Waals surface area (Å²) in [6.45, 7) is 4.76. The number of hydrogen-bond donors (Lipinski definition) is 0. The molecule has 0 bridgehead atoms. The predicted octanol–water partition coefficient (Wildman–Crippen LogP) is 4.30. The van der Waals surface area contributed by atoms with Gasteiger partial charge in [-0.25, -0.2) is 4.98 Å². The Bertz CT molecular complexity index is 1300. The number of piperazine rings is 1. The maximum absolute atomic E-state index is 13.1. The van der Waals surface area contributed by atoms with Gasteiger partial charge in [0.2, 0.25) is 0 Å². The van der Waals surface area contributed by atoms with Crippen LogP contribution in [0.25, 0.3) is 5.69 Å². The Kier molecular flexibility index (Phi) is 7.01. The molecular weight excluding hydrogens is 480 g/mol. The molecule has 5 rings (SSSR count). The van der Waals surface area contributed by atoms with Crippen LogP contribution in [0.4, 0.5) is 5.69 Å². The number of para-hydroxylation sites is 3. The van der Waals surface area contributed by atoms with E-state index in [9.17, 15) is 4.79 Å². The lowest BCUT2D eigenvalue weighted by molar-refractivity contribution is 0.0741. The van der Waals surface area contributed by atoms with Crippen LogP contribution in [0.15, 0.2) is 65.1 Å². The lowest BCUT2D eigenvalue weighted by Crippen LogP contribution is -2.49. The van der Waals surface area contributed by atoms with Crippen LogP contribution in [0, 0.1) is 6.92 Å². The first-order valence-electron chi connectivity index (χ1n) is 11.4. The van der Waals surface area contributed by atoms with E-state index in [1.807, 2.05) is 70.3 Å². The average molecular weight is 507 g/mol. The highest BCUT2D eigenvalue weighted by Gasteiger charge is 2.25. The molecule has 180 valence electrons. The third kappa shape index (κ3) is 5.03. The first-order chi connectivity index (χ1) is 17.1. The Hall–Kier alpha value is -3.37. The summed E-state index contributed by atoms with van der Waals surface area (Å²) in [5, 5.41) is 12.1. The number of thiazole rings is 1. The number of anilines is 1. The summed E-state index contributed by atoms with van der Waals surface area (Å²) in [7, 11) is 1.68. The first-order valence-corrected chi connectivity index (χ1v) is 13.2.